The van der Waals surface area contributed by atoms with Gasteiger partial charge in [-0.1, -0.05) is 18.2 Å². The van der Waals surface area contributed by atoms with Gasteiger partial charge in [0.15, 0.2) is 0 Å². The number of carbonyl (C=O) groups is 1. The van der Waals surface area contributed by atoms with Crippen molar-refractivity contribution in [3.63, 3.8) is 0 Å². The van der Waals surface area contributed by atoms with Gasteiger partial charge in [-0.15, -0.1) is 0 Å². The maximum Gasteiger partial charge on any atom is 0.266 e. The molecule has 0 saturated carbocycles. The maximum absolute atomic E-state index is 12.3. The highest BCUT2D eigenvalue weighted by atomic mass is 16.5. The Bertz CT molecular complexity index is 1150. The molecule has 7 heteroatoms. The Labute approximate surface area is 180 Å². The molecule has 0 saturated heterocycles. The Kier molecular flexibility index (Phi) is 7.17. The van der Waals surface area contributed by atoms with Gasteiger partial charge < -0.3 is 15.0 Å². The summed E-state index contributed by atoms with van der Waals surface area (Å²) in [5, 5.41) is 12.1. The molecule has 2 heterocycles. The summed E-state index contributed by atoms with van der Waals surface area (Å²) in [4.78, 5) is 30.8. The van der Waals surface area contributed by atoms with Crippen LogP contribution in [0, 0.1) is 25.2 Å². The van der Waals surface area contributed by atoms with E-state index in [1.165, 1.54) is 0 Å². The van der Waals surface area contributed by atoms with Crippen LogP contribution >= 0.6 is 0 Å². The van der Waals surface area contributed by atoms with Gasteiger partial charge in [0.25, 0.3) is 5.56 Å². The summed E-state index contributed by atoms with van der Waals surface area (Å²) in [5.74, 6) is 0.650. The second kappa shape index (κ2) is 10.2. The highest BCUT2D eigenvalue weighted by Gasteiger charge is 2.13. The molecule has 0 fully saturated rings. The highest BCUT2D eigenvalue weighted by Crippen LogP contribution is 2.16. The molecule has 1 aromatic carbocycles. The van der Waals surface area contributed by atoms with E-state index in [-0.39, 0.29) is 17.9 Å². The molecule has 0 atom stereocenters. The van der Waals surface area contributed by atoms with E-state index in [2.05, 4.69) is 15.3 Å². The number of carbonyl (C=O) groups excluding carboxylic acids is 1. The first-order valence-electron chi connectivity index (χ1n) is 9.97. The number of ether oxygens (including phenoxy) is 1. The van der Waals surface area contributed by atoms with Crippen LogP contribution in [0.5, 0.6) is 5.75 Å². The second-order valence-corrected chi connectivity index (χ2v) is 7.24. The number of hydrogen-bond acceptors (Lipinski definition) is 5. The first-order chi connectivity index (χ1) is 15.0. The molecule has 0 bridgehead atoms. The number of aromatic nitrogens is 2. The Morgan fingerprint density at radius 1 is 1.19 bits per heavy atom. The van der Waals surface area contributed by atoms with Crippen molar-refractivity contribution in [1.82, 2.24) is 15.3 Å². The summed E-state index contributed by atoms with van der Waals surface area (Å²) in [7, 11) is 0. The zero-order valence-corrected chi connectivity index (χ0v) is 17.6. The van der Waals surface area contributed by atoms with Gasteiger partial charge >= 0.3 is 0 Å². The standard InChI is InChI=1S/C24H24N4O3/c1-16-21(17(2)28-24(30)22(16)12-25)9-10-23(29)27-14-18-5-7-20(8-6-18)31-15-19-4-3-11-26-13-19/h3-8,11,13H,9-10,14-15H2,1-2H3,(H,27,29)(H,28,30). The Hall–Kier alpha value is -3.92. The van der Waals surface area contributed by atoms with Crippen molar-refractivity contribution in [3.05, 3.63) is 92.7 Å². The molecule has 0 aliphatic heterocycles. The van der Waals surface area contributed by atoms with E-state index in [9.17, 15) is 9.59 Å². The first-order valence-corrected chi connectivity index (χ1v) is 9.97. The summed E-state index contributed by atoms with van der Waals surface area (Å²) in [6, 6.07) is 13.3. The third-order valence-electron chi connectivity index (χ3n) is 5.06. The van der Waals surface area contributed by atoms with Gasteiger partial charge in [-0.2, -0.15) is 5.26 Å². The van der Waals surface area contributed by atoms with Crippen molar-refractivity contribution in [2.75, 3.05) is 0 Å². The molecular formula is C24H24N4O3. The van der Waals surface area contributed by atoms with Gasteiger partial charge in [0.1, 0.15) is 24.0 Å². The number of H-pyrrole nitrogens is 1. The van der Waals surface area contributed by atoms with Crippen LogP contribution in [0.4, 0.5) is 0 Å². The maximum atomic E-state index is 12.3. The van der Waals surface area contributed by atoms with Crippen molar-refractivity contribution in [2.24, 2.45) is 0 Å². The average Bonchev–Trinajstić information content (AvgIpc) is 2.77. The molecule has 158 valence electrons. The molecule has 0 spiro atoms. The Morgan fingerprint density at radius 2 is 1.97 bits per heavy atom. The average molecular weight is 416 g/mol. The monoisotopic (exact) mass is 416 g/mol. The molecule has 31 heavy (non-hydrogen) atoms. The number of nitrogens with one attached hydrogen (secondary N) is 2. The van der Waals surface area contributed by atoms with Crippen LogP contribution in [-0.4, -0.2) is 15.9 Å². The lowest BCUT2D eigenvalue weighted by atomic mass is 9.99. The van der Waals surface area contributed by atoms with Gasteiger partial charge in [0.05, 0.1) is 0 Å². The summed E-state index contributed by atoms with van der Waals surface area (Å²) < 4.78 is 5.73. The molecular weight excluding hydrogens is 392 g/mol. The fraction of sp³-hybridized carbons (Fsp3) is 0.250. The van der Waals surface area contributed by atoms with Crippen LogP contribution in [0.3, 0.4) is 0 Å². The van der Waals surface area contributed by atoms with E-state index in [1.54, 1.807) is 26.2 Å². The highest BCUT2D eigenvalue weighted by molar-refractivity contribution is 5.76. The SMILES string of the molecule is Cc1[nH]c(=O)c(C#N)c(C)c1CCC(=O)NCc1ccc(OCc2cccnc2)cc1. The van der Waals surface area contributed by atoms with E-state index >= 15 is 0 Å². The number of nitrogens with zero attached hydrogens (tertiary/aromatic N) is 2. The molecule has 0 aliphatic carbocycles. The van der Waals surface area contributed by atoms with Crippen molar-refractivity contribution >= 4 is 5.91 Å². The van der Waals surface area contributed by atoms with E-state index in [0.29, 0.717) is 30.8 Å². The van der Waals surface area contributed by atoms with Gasteiger partial charge in [-0.05, 0) is 55.2 Å². The van der Waals surface area contributed by atoms with Crippen molar-refractivity contribution in [3.8, 4) is 11.8 Å². The number of rotatable bonds is 8. The number of aromatic amines is 1. The van der Waals surface area contributed by atoms with Crippen LogP contribution in [0.2, 0.25) is 0 Å². The Balaban J connectivity index is 1.49. The number of benzene rings is 1. The normalized spacial score (nSPS) is 10.4. The third-order valence-corrected chi connectivity index (χ3v) is 5.06. The lowest BCUT2D eigenvalue weighted by Gasteiger charge is -2.11. The topological polar surface area (TPSA) is 108 Å². The molecule has 0 radical (unpaired) electrons. The molecule has 1 amide bonds. The fourth-order valence-electron chi connectivity index (χ4n) is 3.30. The minimum absolute atomic E-state index is 0.0968. The molecule has 7 nitrogen and oxygen atoms in total. The summed E-state index contributed by atoms with van der Waals surface area (Å²) in [6.07, 6.45) is 4.21. The van der Waals surface area contributed by atoms with Crippen LogP contribution in [0.25, 0.3) is 0 Å². The van der Waals surface area contributed by atoms with Crippen LogP contribution < -0.4 is 15.6 Å². The van der Waals surface area contributed by atoms with Crippen molar-refractivity contribution < 1.29 is 9.53 Å². The summed E-state index contributed by atoms with van der Waals surface area (Å²) in [5.41, 5.74) is 3.83. The van der Waals surface area contributed by atoms with Crippen molar-refractivity contribution in [1.29, 1.82) is 5.26 Å². The van der Waals surface area contributed by atoms with Crippen molar-refractivity contribution in [2.45, 2.75) is 39.8 Å². The number of amides is 1. The Morgan fingerprint density at radius 3 is 2.65 bits per heavy atom. The molecule has 2 N–H and O–H groups in total. The smallest absolute Gasteiger partial charge is 0.266 e. The van der Waals surface area contributed by atoms with E-state index in [0.717, 1.165) is 22.4 Å². The van der Waals surface area contributed by atoms with Gasteiger partial charge in [0.2, 0.25) is 5.91 Å². The van der Waals surface area contributed by atoms with Crippen LogP contribution in [0.15, 0.2) is 53.6 Å². The summed E-state index contributed by atoms with van der Waals surface area (Å²) in [6.45, 7) is 4.38. The number of pyridine rings is 2. The largest absolute Gasteiger partial charge is 0.489 e. The van der Waals surface area contributed by atoms with E-state index in [4.69, 9.17) is 10.00 Å². The molecule has 0 aliphatic rings. The second-order valence-electron chi connectivity index (χ2n) is 7.24. The zero-order valence-electron chi connectivity index (χ0n) is 17.6. The van der Waals surface area contributed by atoms with Gasteiger partial charge in [-0.3, -0.25) is 14.6 Å². The van der Waals surface area contributed by atoms with Crippen LogP contribution in [0.1, 0.15) is 39.9 Å². The lowest BCUT2D eigenvalue weighted by molar-refractivity contribution is -0.121. The molecule has 3 aromatic rings. The van der Waals surface area contributed by atoms with Crippen LogP contribution in [-0.2, 0) is 24.4 Å². The van der Waals surface area contributed by atoms with Gasteiger partial charge in [0, 0.05) is 36.6 Å². The lowest BCUT2D eigenvalue weighted by Crippen LogP contribution is -2.24. The zero-order chi connectivity index (χ0) is 22.2. The number of aryl methyl sites for hydroxylation is 1. The molecule has 2 aromatic heterocycles. The van der Waals surface area contributed by atoms with Gasteiger partial charge in [-0.25, -0.2) is 0 Å². The predicted molar refractivity (Wildman–Crippen MR) is 116 cm³/mol. The molecule has 0 unspecified atom stereocenters. The quantitative estimate of drug-likeness (QED) is 0.587. The van der Waals surface area contributed by atoms with E-state index < -0.39 is 5.56 Å². The predicted octanol–water partition coefficient (Wildman–Crippen LogP) is 3.09. The van der Waals surface area contributed by atoms with E-state index in [1.807, 2.05) is 42.5 Å². The summed E-state index contributed by atoms with van der Waals surface area (Å²) >= 11 is 0. The minimum Gasteiger partial charge on any atom is -0.489 e. The molecule has 3 rings (SSSR count). The number of hydrogen-bond donors (Lipinski definition) is 2. The fourth-order valence-corrected chi connectivity index (χ4v) is 3.30. The third kappa shape index (κ3) is 5.80. The number of nitriles is 1. The minimum atomic E-state index is -0.390. The first kappa shape index (κ1) is 21.8.